The Kier molecular flexibility index (Phi) is 3.62. The molecule has 2 aromatic carbocycles. The summed E-state index contributed by atoms with van der Waals surface area (Å²) in [6.07, 6.45) is 0. The van der Waals surface area contributed by atoms with Crippen LogP contribution in [0, 0.1) is 34.2 Å². The summed E-state index contributed by atoms with van der Waals surface area (Å²) in [5.74, 6) is -0.365. The quantitative estimate of drug-likeness (QED) is 0.682. The lowest BCUT2D eigenvalue weighted by atomic mass is 10.1. The van der Waals surface area contributed by atoms with Gasteiger partial charge in [-0.3, -0.25) is 10.1 Å². The monoisotopic (exact) mass is 271 g/mol. The summed E-state index contributed by atoms with van der Waals surface area (Å²) in [5, 5.41) is 22.5. The van der Waals surface area contributed by atoms with Crippen molar-refractivity contribution in [3.8, 4) is 6.07 Å². The van der Waals surface area contributed by atoms with Crippen LogP contribution in [0.4, 0.5) is 21.5 Å². The third-order valence-corrected chi connectivity index (χ3v) is 2.79. The summed E-state index contributed by atoms with van der Waals surface area (Å²) in [6.45, 7) is 1.64. The van der Waals surface area contributed by atoms with Crippen molar-refractivity contribution in [1.82, 2.24) is 0 Å². The van der Waals surface area contributed by atoms with E-state index in [-0.39, 0.29) is 17.1 Å². The molecule has 0 amide bonds. The van der Waals surface area contributed by atoms with Crippen molar-refractivity contribution in [1.29, 1.82) is 5.26 Å². The molecule has 0 unspecified atom stereocenters. The number of nitro groups is 1. The van der Waals surface area contributed by atoms with Crippen molar-refractivity contribution >= 4 is 17.1 Å². The van der Waals surface area contributed by atoms with Gasteiger partial charge in [-0.25, -0.2) is 4.39 Å². The van der Waals surface area contributed by atoms with Gasteiger partial charge in [0.05, 0.1) is 16.2 Å². The molecule has 5 nitrogen and oxygen atoms in total. The van der Waals surface area contributed by atoms with Crippen molar-refractivity contribution in [3.05, 3.63) is 63.5 Å². The Morgan fingerprint density at radius 2 is 2.05 bits per heavy atom. The first-order chi connectivity index (χ1) is 9.51. The summed E-state index contributed by atoms with van der Waals surface area (Å²) in [5.41, 5.74) is 1.34. The molecule has 6 heteroatoms. The maximum atomic E-state index is 13.4. The molecule has 0 aliphatic carbocycles. The maximum Gasteiger partial charge on any atom is 0.270 e. The lowest BCUT2D eigenvalue weighted by Gasteiger charge is -2.09. The van der Waals surface area contributed by atoms with Gasteiger partial charge in [0.1, 0.15) is 11.9 Å². The highest BCUT2D eigenvalue weighted by molar-refractivity contribution is 5.68. The van der Waals surface area contributed by atoms with Crippen LogP contribution in [0.25, 0.3) is 0 Å². The molecule has 0 aliphatic heterocycles. The van der Waals surface area contributed by atoms with Crippen LogP contribution in [0.5, 0.6) is 0 Å². The van der Waals surface area contributed by atoms with E-state index in [0.29, 0.717) is 16.9 Å². The number of rotatable bonds is 3. The second-order valence-corrected chi connectivity index (χ2v) is 4.19. The topological polar surface area (TPSA) is 79.0 Å². The molecular formula is C14H10FN3O2. The number of nitrogens with one attached hydrogen (secondary N) is 1. The van der Waals surface area contributed by atoms with E-state index in [1.807, 2.05) is 6.07 Å². The normalized spacial score (nSPS) is 9.85. The van der Waals surface area contributed by atoms with Gasteiger partial charge < -0.3 is 5.32 Å². The second kappa shape index (κ2) is 5.36. The molecule has 0 fully saturated rings. The minimum absolute atomic E-state index is 0.125. The Hall–Kier alpha value is -2.94. The molecule has 0 aliphatic rings. The van der Waals surface area contributed by atoms with Gasteiger partial charge in [0.2, 0.25) is 0 Å². The van der Waals surface area contributed by atoms with Crippen LogP contribution in [0.3, 0.4) is 0 Å². The summed E-state index contributed by atoms with van der Waals surface area (Å²) < 4.78 is 13.4. The second-order valence-electron chi connectivity index (χ2n) is 4.19. The van der Waals surface area contributed by atoms with Crippen molar-refractivity contribution in [3.63, 3.8) is 0 Å². The Balaban J connectivity index is 2.36. The lowest BCUT2D eigenvalue weighted by molar-refractivity contribution is -0.384. The molecule has 0 heterocycles. The molecule has 2 rings (SSSR count). The van der Waals surface area contributed by atoms with Crippen molar-refractivity contribution in [2.45, 2.75) is 6.92 Å². The number of nitro benzene ring substituents is 1. The fourth-order valence-corrected chi connectivity index (χ4v) is 1.67. The number of nitriles is 1. The van der Waals surface area contributed by atoms with Crippen LogP contribution in [0.15, 0.2) is 36.4 Å². The van der Waals surface area contributed by atoms with Crippen LogP contribution in [-0.4, -0.2) is 4.92 Å². The Bertz CT molecular complexity index is 723. The molecule has 1 N–H and O–H groups in total. The third-order valence-electron chi connectivity index (χ3n) is 2.79. The number of benzene rings is 2. The van der Waals surface area contributed by atoms with E-state index in [1.165, 1.54) is 24.3 Å². The molecule has 0 spiro atoms. The van der Waals surface area contributed by atoms with Gasteiger partial charge in [0.25, 0.3) is 5.69 Å². The van der Waals surface area contributed by atoms with E-state index >= 15 is 0 Å². The number of halogens is 1. The number of nitrogens with zero attached hydrogens (tertiary/aromatic N) is 2. The van der Waals surface area contributed by atoms with Gasteiger partial charge in [-0.2, -0.15) is 5.26 Å². The predicted octanol–water partition coefficient (Wildman–Crippen LogP) is 3.66. The smallest absolute Gasteiger partial charge is 0.270 e. The van der Waals surface area contributed by atoms with Gasteiger partial charge in [-0.1, -0.05) is 6.07 Å². The Labute approximate surface area is 114 Å². The highest BCUT2D eigenvalue weighted by Crippen LogP contribution is 2.25. The van der Waals surface area contributed by atoms with E-state index in [1.54, 1.807) is 19.1 Å². The molecule has 0 bridgehead atoms. The molecule has 100 valence electrons. The highest BCUT2D eigenvalue weighted by atomic mass is 19.1. The minimum Gasteiger partial charge on any atom is -0.354 e. The zero-order chi connectivity index (χ0) is 14.7. The Morgan fingerprint density at radius 1 is 1.30 bits per heavy atom. The molecule has 0 saturated heterocycles. The zero-order valence-corrected chi connectivity index (χ0v) is 10.6. The molecule has 0 atom stereocenters. The van der Waals surface area contributed by atoms with Gasteiger partial charge in [0.15, 0.2) is 0 Å². The summed E-state index contributed by atoms with van der Waals surface area (Å²) in [6, 6.07) is 10.3. The van der Waals surface area contributed by atoms with Crippen LogP contribution >= 0.6 is 0 Å². The van der Waals surface area contributed by atoms with E-state index in [9.17, 15) is 14.5 Å². The first kappa shape index (κ1) is 13.5. The average Bonchev–Trinajstić information content (AvgIpc) is 2.43. The molecule has 0 radical (unpaired) electrons. The van der Waals surface area contributed by atoms with Crippen LogP contribution in [0.1, 0.15) is 11.1 Å². The highest BCUT2D eigenvalue weighted by Gasteiger charge is 2.11. The van der Waals surface area contributed by atoms with Gasteiger partial charge in [-0.15, -0.1) is 0 Å². The van der Waals surface area contributed by atoms with Crippen LogP contribution in [0.2, 0.25) is 0 Å². The van der Waals surface area contributed by atoms with E-state index < -0.39 is 4.92 Å². The van der Waals surface area contributed by atoms with Crippen molar-refractivity contribution < 1.29 is 9.31 Å². The number of hydrogen-bond donors (Lipinski definition) is 1. The first-order valence-corrected chi connectivity index (χ1v) is 5.73. The Morgan fingerprint density at radius 3 is 2.65 bits per heavy atom. The number of anilines is 2. The van der Waals surface area contributed by atoms with E-state index in [4.69, 9.17) is 5.26 Å². The molecule has 20 heavy (non-hydrogen) atoms. The molecule has 2 aromatic rings. The van der Waals surface area contributed by atoms with Gasteiger partial charge >= 0.3 is 0 Å². The zero-order valence-electron chi connectivity index (χ0n) is 10.6. The fourth-order valence-electron chi connectivity index (χ4n) is 1.67. The van der Waals surface area contributed by atoms with Crippen LogP contribution < -0.4 is 5.32 Å². The fraction of sp³-hybridized carbons (Fsp3) is 0.0714. The SMILES string of the molecule is Cc1ccc(Nc2ccc([N+](=O)[O-])cc2C#N)cc1F. The average molecular weight is 271 g/mol. The lowest BCUT2D eigenvalue weighted by Crippen LogP contribution is -1.96. The number of hydrogen-bond acceptors (Lipinski definition) is 4. The largest absolute Gasteiger partial charge is 0.354 e. The summed E-state index contributed by atoms with van der Waals surface area (Å²) in [7, 11) is 0. The molecular weight excluding hydrogens is 261 g/mol. The van der Waals surface area contributed by atoms with Crippen LogP contribution in [-0.2, 0) is 0 Å². The van der Waals surface area contributed by atoms with Crippen molar-refractivity contribution in [2.75, 3.05) is 5.32 Å². The first-order valence-electron chi connectivity index (χ1n) is 5.73. The minimum atomic E-state index is -0.573. The standard InChI is InChI=1S/C14H10FN3O2/c1-9-2-3-11(7-13(9)15)17-14-5-4-12(18(19)20)6-10(14)8-16/h2-7,17H,1H3. The van der Waals surface area contributed by atoms with E-state index in [2.05, 4.69) is 5.32 Å². The predicted molar refractivity (Wildman–Crippen MR) is 72.2 cm³/mol. The maximum absolute atomic E-state index is 13.4. The number of non-ortho nitro benzene ring substituents is 1. The van der Waals surface area contributed by atoms with E-state index in [0.717, 1.165) is 0 Å². The molecule has 0 saturated carbocycles. The summed E-state index contributed by atoms with van der Waals surface area (Å²) in [4.78, 5) is 10.1. The third kappa shape index (κ3) is 2.72. The van der Waals surface area contributed by atoms with Gasteiger partial charge in [-0.05, 0) is 30.7 Å². The summed E-state index contributed by atoms with van der Waals surface area (Å²) >= 11 is 0. The molecule has 0 aromatic heterocycles. The van der Waals surface area contributed by atoms with Crippen molar-refractivity contribution in [2.24, 2.45) is 0 Å². The number of aryl methyl sites for hydroxylation is 1. The van der Waals surface area contributed by atoms with Gasteiger partial charge in [0, 0.05) is 17.8 Å².